The van der Waals surface area contributed by atoms with Crippen LogP contribution in [0.5, 0.6) is 0 Å². The van der Waals surface area contributed by atoms with Gasteiger partial charge in [0.2, 0.25) is 5.91 Å². The second kappa shape index (κ2) is 7.24. The van der Waals surface area contributed by atoms with E-state index in [0.717, 1.165) is 12.2 Å². The van der Waals surface area contributed by atoms with Crippen molar-refractivity contribution in [1.82, 2.24) is 24.9 Å². The van der Waals surface area contributed by atoms with Gasteiger partial charge in [0, 0.05) is 12.7 Å². The van der Waals surface area contributed by atoms with Crippen LogP contribution in [0.25, 0.3) is 0 Å². The van der Waals surface area contributed by atoms with E-state index in [1.807, 2.05) is 26.1 Å². The standard InChI is InChI=1S/C15H22N6O3/c1-5-19-7-6-13(17-19)12(4)16-15(22)10(2)9-20-11(3)8-14(18-20)21(23)24/h6-8,10,12H,5,9H2,1-4H3,(H,16,22). The lowest BCUT2D eigenvalue weighted by molar-refractivity contribution is -0.389. The summed E-state index contributed by atoms with van der Waals surface area (Å²) >= 11 is 0. The zero-order valence-corrected chi connectivity index (χ0v) is 14.3. The third kappa shape index (κ3) is 3.98. The molecule has 2 rings (SSSR count). The summed E-state index contributed by atoms with van der Waals surface area (Å²) in [5.74, 6) is -0.733. The number of nitrogens with zero attached hydrogens (tertiary/aromatic N) is 5. The molecule has 0 aliphatic heterocycles. The second-order valence-corrected chi connectivity index (χ2v) is 5.81. The van der Waals surface area contributed by atoms with E-state index in [2.05, 4.69) is 15.5 Å². The van der Waals surface area contributed by atoms with Crippen molar-refractivity contribution in [3.05, 3.63) is 39.8 Å². The van der Waals surface area contributed by atoms with Crippen molar-refractivity contribution in [2.75, 3.05) is 0 Å². The smallest absolute Gasteiger partial charge is 0.358 e. The number of carbonyl (C=O) groups excluding carboxylic acids is 1. The Balaban J connectivity index is 1.97. The zero-order valence-electron chi connectivity index (χ0n) is 14.3. The number of nitrogens with one attached hydrogen (secondary N) is 1. The molecule has 2 atom stereocenters. The highest BCUT2D eigenvalue weighted by Gasteiger charge is 2.22. The third-order valence-electron chi connectivity index (χ3n) is 3.84. The van der Waals surface area contributed by atoms with Crippen LogP contribution in [-0.2, 0) is 17.9 Å². The monoisotopic (exact) mass is 334 g/mol. The zero-order chi connectivity index (χ0) is 17.9. The van der Waals surface area contributed by atoms with Gasteiger partial charge in [-0.05, 0) is 31.8 Å². The summed E-state index contributed by atoms with van der Waals surface area (Å²) in [6.07, 6.45) is 1.87. The Morgan fingerprint density at radius 2 is 2.12 bits per heavy atom. The van der Waals surface area contributed by atoms with Gasteiger partial charge in [-0.2, -0.15) is 9.78 Å². The van der Waals surface area contributed by atoms with Crippen molar-refractivity contribution in [3.8, 4) is 0 Å². The van der Waals surface area contributed by atoms with Gasteiger partial charge in [0.15, 0.2) is 0 Å². The van der Waals surface area contributed by atoms with Gasteiger partial charge in [0.25, 0.3) is 0 Å². The highest BCUT2D eigenvalue weighted by atomic mass is 16.6. The summed E-state index contributed by atoms with van der Waals surface area (Å²) in [6, 6.07) is 3.06. The number of carbonyl (C=O) groups is 1. The number of rotatable bonds is 7. The maximum atomic E-state index is 12.3. The molecule has 2 aromatic rings. The van der Waals surface area contributed by atoms with E-state index in [0.29, 0.717) is 5.69 Å². The van der Waals surface area contributed by atoms with Gasteiger partial charge in [-0.15, -0.1) is 0 Å². The third-order valence-corrected chi connectivity index (χ3v) is 3.84. The maximum Gasteiger partial charge on any atom is 0.390 e. The van der Waals surface area contributed by atoms with Gasteiger partial charge in [-0.3, -0.25) is 9.48 Å². The molecule has 0 spiro atoms. The minimum Gasteiger partial charge on any atom is -0.358 e. The Hall–Kier alpha value is -2.71. The summed E-state index contributed by atoms with van der Waals surface area (Å²) < 4.78 is 3.28. The molecule has 1 amide bonds. The normalized spacial score (nSPS) is 13.5. The van der Waals surface area contributed by atoms with Crippen molar-refractivity contribution in [1.29, 1.82) is 0 Å². The first-order chi connectivity index (χ1) is 11.3. The molecular formula is C15H22N6O3. The fourth-order valence-corrected chi connectivity index (χ4v) is 2.32. The van der Waals surface area contributed by atoms with Gasteiger partial charge < -0.3 is 15.4 Å². The lowest BCUT2D eigenvalue weighted by Crippen LogP contribution is -2.34. The summed E-state index contributed by atoms with van der Waals surface area (Å²) in [4.78, 5) is 22.6. The molecule has 130 valence electrons. The van der Waals surface area contributed by atoms with E-state index < -0.39 is 4.92 Å². The molecule has 0 aliphatic carbocycles. The molecule has 2 aromatic heterocycles. The average molecular weight is 334 g/mol. The maximum absolute atomic E-state index is 12.3. The quantitative estimate of drug-likeness (QED) is 0.614. The first-order valence-corrected chi connectivity index (χ1v) is 7.84. The van der Waals surface area contributed by atoms with E-state index in [4.69, 9.17) is 0 Å². The molecule has 24 heavy (non-hydrogen) atoms. The average Bonchev–Trinajstić information content (AvgIpc) is 3.14. The molecule has 0 radical (unpaired) electrons. The Morgan fingerprint density at radius 1 is 1.42 bits per heavy atom. The molecule has 2 heterocycles. The van der Waals surface area contributed by atoms with Crippen molar-refractivity contribution in [3.63, 3.8) is 0 Å². The second-order valence-electron chi connectivity index (χ2n) is 5.81. The summed E-state index contributed by atoms with van der Waals surface area (Å²) in [5.41, 5.74) is 1.44. The topological polar surface area (TPSA) is 108 Å². The van der Waals surface area contributed by atoms with E-state index in [1.165, 1.54) is 10.7 Å². The number of hydrogen-bond acceptors (Lipinski definition) is 5. The van der Waals surface area contributed by atoms with Crippen LogP contribution in [0.1, 0.15) is 38.2 Å². The van der Waals surface area contributed by atoms with Gasteiger partial charge in [0.1, 0.15) is 0 Å². The summed E-state index contributed by atoms with van der Waals surface area (Å²) in [5, 5.41) is 21.9. The van der Waals surface area contributed by atoms with Crippen molar-refractivity contribution in [2.45, 2.75) is 46.8 Å². The lowest BCUT2D eigenvalue weighted by Gasteiger charge is -2.15. The first kappa shape index (κ1) is 17.6. The molecule has 0 aromatic carbocycles. The van der Waals surface area contributed by atoms with Crippen LogP contribution in [0.15, 0.2) is 18.3 Å². The van der Waals surface area contributed by atoms with E-state index in [-0.39, 0.29) is 30.2 Å². The molecule has 0 aliphatic rings. The van der Waals surface area contributed by atoms with Crippen LogP contribution >= 0.6 is 0 Å². The van der Waals surface area contributed by atoms with E-state index >= 15 is 0 Å². The molecule has 0 fully saturated rings. The summed E-state index contributed by atoms with van der Waals surface area (Å²) in [6.45, 7) is 8.41. The van der Waals surface area contributed by atoms with E-state index in [9.17, 15) is 14.9 Å². The molecule has 0 bridgehead atoms. The lowest BCUT2D eigenvalue weighted by atomic mass is 10.1. The van der Waals surface area contributed by atoms with Gasteiger partial charge in [-0.25, -0.2) is 0 Å². The van der Waals surface area contributed by atoms with Gasteiger partial charge in [-0.1, -0.05) is 6.92 Å². The fourth-order valence-electron chi connectivity index (χ4n) is 2.32. The van der Waals surface area contributed by atoms with Crippen LogP contribution in [-0.4, -0.2) is 30.4 Å². The highest BCUT2D eigenvalue weighted by molar-refractivity contribution is 5.78. The van der Waals surface area contributed by atoms with Crippen LogP contribution < -0.4 is 5.32 Å². The largest absolute Gasteiger partial charge is 0.390 e. The van der Waals surface area contributed by atoms with Crippen molar-refractivity contribution >= 4 is 11.7 Å². The highest BCUT2D eigenvalue weighted by Crippen LogP contribution is 2.14. The van der Waals surface area contributed by atoms with Crippen LogP contribution in [0, 0.1) is 23.0 Å². The minimum absolute atomic E-state index is 0.147. The van der Waals surface area contributed by atoms with E-state index in [1.54, 1.807) is 18.5 Å². The Labute approximate surface area is 139 Å². The number of aromatic nitrogens is 4. The molecule has 9 heteroatoms. The minimum atomic E-state index is -0.541. The number of aryl methyl sites for hydroxylation is 2. The predicted octanol–water partition coefficient (Wildman–Crippen LogP) is 1.83. The predicted molar refractivity (Wildman–Crippen MR) is 87.2 cm³/mol. The first-order valence-electron chi connectivity index (χ1n) is 7.84. The van der Waals surface area contributed by atoms with Gasteiger partial charge in [0.05, 0.1) is 41.1 Å². The van der Waals surface area contributed by atoms with Gasteiger partial charge >= 0.3 is 5.82 Å². The molecule has 0 saturated carbocycles. The van der Waals surface area contributed by atoms with Crippen LogP contribution in [0.3, 0.4) is 0 Å². The Kier molecular flexibility index (Phi) is 5.32. The molecule has 0 saturated heterocycles. The number of amides is 1. The Morgan fingerprint density at radius 3 is 2.67 bits per heavy atom. The molecular weight excluding hydrogens is 312 g/mol. The number of hydrogen-bond donors (Lipinski definition) is 1. The molecule has 1 N–H and O–H groups in total. The summed E-state index contributed by atoms with van der Waals surface area (Å²) in [7, 11) is 0. The van der Waals surface area contributed by atoms with Crippen molar-refractivity contribution < 1.29 is 9.72 Å². The molecule has 9 nitrogen and oxygen atoms in total. The van der Waals surface area contributed by atoms with Crippen LogP contribution in [0.2, 0.25) is 0 Å². The fraction of sp³-hybridized carbons (Fsp3) is 0.533. The van der Waals surface area contributed by atoms with Crippen molar-refractivity contribution in [2.24, 2.45) is 5.92 Å². The Bertz CT molecular complexity index is 735. The van der Waals surface area contributed by atoms with Crippen LogP contribution in [0.4, 0.5) is 5.82 Å². The number of nitro groups is 1. The molecule has 2 unspecified atom stereocenters. The SMILES string of the molecule is CCn1ccc(C(C)NC(=O)C(C)Cn2nc([N+](=O)[O-])cc2C)n1.